The number of rotatable bonds is 6. The van der Waals surface area contributed by atoms with E-state index in [1.54, 1.807) is 32.2 Å². The number of nitrogens with one attached hydrogen (secondary N) is 1. The van der Waals surface area contributed by atoms with Crippen LogP contribution >= 0.6 is 15.9 Å². The summed E-state index contributed by atoms with van der Waals surface area (Å²) >= 11 is 3.33. The van der Waals surface area contributed by atoms with E-state index in [0.29, 0.717) is 22.3 Å². The average Bonchev–Trinajstić information content (AvgIpc) is 2.35. The van der Waals surface area contributed by atoms with Gasteiger partial charge in [0.15, 0.2) is 0 Å². The largest absolute Gasteiger partial charge is 0.497 e. The Morgan fingerprint density at radius 3 is 2.70 bits per heavy atom. The molecule has 20 heavy (non-hydrogen) atoms. The number of benzene rings is 1. The van der Waals surface area contributed by atoms with E-state index in [1.807, 2.05) is 19.0 Å². The predicted molar refractivity (Wildman–Crippen MR) is 82.2 cm³/mol. The molecule has 0 radical (unpaired) electrons. The minimum Gasteiger partial charge on any atom is -0.497 e. The molecule has 0 saturated heterocycles. The third-order valence-corrected chi connectivity index (χ3v) is 3.40. The highest BCUT2D eigenvalue weighted by atomic mass is 79.9. The van der Waals surface area contributed by atoms with Crippen LogP contribution in [0.25, 0.3) is 0 Å². The molecule has 1 unspecified atom stereocenters. The number of ether oxygens (including phenoxy) is 1. The van der Waals surface area contributed by atoms with Crippen molar-refractivity contribution >= 4 is 21.8 Å². The Hall–Kier alpha value is -1.11. The fourth-order valence-corrected chi connectivity index (χ4v) is 2.34. The van der Waals surface area contributed by atoms with Crippen molar-refractivity contribution in [1.82, 2.24) is 10.2 Å². The summed E-state index contributed by atoms with van der Waals surface area (Å²) in [5.74, 6) is 0.355. The highest BCUT2D eigenvalue weighted by molar-refractivity contribution is 9.10. The van der Waals surface area contributed by atoms with Gasteiger partial charge in [-0.15, -0.1) is 0 Å². The van der Waals surface area contributed by atoms with Crippen molar-refractivity contribution in [2.24, 2.45) is 0 Å². The number of aliphatic hydroxyl groups is 1. The van der Waals surface area contributed by atoms with Gasteiger partial charge in [0.05, 0.1) is 18.3 Å². The van der Waals surface area contributed by atoms with Crippen molar-refractivity contribution in [1.29, 1.82) is 0 Å². The summed E-state index contributed by atoms with van der Waals surface area (Å²) in [5.41, 5.74) is -0.505. The fourth-order valence-electron chi connectivity index (χ4n) is 1.91. The van der Waals surface area contributed by atoms with Gasteiger partial charge < -0.3 is 20.1 Å². The van der Waals surface area contributed by atoms with Gasteiger partial charge in [0.1, 0.15) is 5.75 Å². The zero-order chi connectivity index (χ0) is 15.3. The molecule has 0 aliphatic rings. The van der Waals surface area contributed by atoms with Gasteiger partial charge >= 0.3 is 0 Å². The van der Waals surface area contributed by atoms with Crippen molar-refractivity contribution in [2.45, 2.75) is 12.5 Å². The lowest BCUT2D eigenvalue weighted by Crippen LogP contribution is -2.47. The zero-order valence-corrected chi connectivity index (χ0v) is 13.8. The molecule has 2 N–H and O–H groups in total. The van der Waals surface area contributed by atoms with E-state index in [0.717, 1.165) is 0 Å². The molecule has 0 spiro atoms. The lowest BCUT2D eigenvalue weighted by Gasteiger charge is -2.27. The number of hydrogen-bond donors (Lipinski definition) is 2. The second kappa shape index (κ2) is 7.06. The molecule has 1 aromatic rings. The standard InChI is InChI=1S/C14H21BrN2O3/c1-14(19,9-17(2)3)8-16-13(18)11-7-10(20-4)5-6-12(11)15/h5-7,19H,8-9H2,1-4H3,(H,16,18). The number of hydrogen-bond acceptors (Lipinski definition) is 4. The Morgan fingerprint density at radius 2 is 2.15 bits per heavy atom. The summed E-state index contributed by atoms with van der Waals surface area (Å²) in [4.78, 5) is 14.0. The maximum Gasteiger partial charge on any atom is 0.252 e. The highest BCUT2D eigenvalue weighted by Gasteiger charge is 2.23. The predicted octanol–water partition coefficient (Wildman–Crippen LogP) is 1.50. The molecule has 112 valence electrons. The maximum absolute atomic E-state index is 12.1. The first-order valence-corrected chi connectivity index (χ1v) is 7.03. The van der Waals surface area contributed by atoms with Crippen LogP contribution in [0.3, 0.4) is 0 Å². The van der Waals surface area contributed by atoms with Gasteiger partial charge in [-0.25, -0.2) is 0 Å². The lowest BCUT2D eigenvalue weighted by molar-refractivity contribution is 0.0326. The van der Waals surface area contributed by atoms with Crippen LogP contribution < -0.4 is 10.1 Å². The van der Waals surface area contributed by atoms with Gasteiger partial charge in [0.2, 0.25) is 0 Å². The van der Waals surface area contributed by atoms with Crippen molar-refractivity contribution in [3.05, 3.63) is 28.2 Å². The first-order chi connectivity index (χ1) is 9.25. The Bertz CT molecular complexity index is 475. The van der Waals surface area contributed by atoms with Gasteiger partial charge in [0, 0.05) is 17.6 Å². The van der Waals surface area contributed by atoms with Crippen LogP contribution in [0.15, 0.2) is 22.7 Å². The van der Waals surface area contributed by atoms with Gasteiger partial charge in [-0.1, -0.05) is 0 Å². The van der Waals surface area contributed by atoms with Crippen LogP contribution in [-0.2, 0) is 0 Å². The SMILES string of the molecule is COc1ccc(Br)c(C(=O)NCC(C)(O)CN(C)C)c1. The maximum atomic E-state index is 12.1. The van der Waals surface area contributed by atoms with Gasteiger partial charge in [-0.3, -0.25) is 4.79 Å². The third kappa shape index (κ3) is 5.11. The number of nitrogens with zero attached hydrogens (tertiary/aromatic N) is 1. The first kappa shape index (κ1) is 16.9. The molecule has 0 bridgehead atoms. The first-order valence-electron chi connectivity index (χ1n) is 6.24. The Labute approximate surface area is 128 Å². The van der Waals surface area contributed by atoms with Crippen molar-refractivity contribution < 1.29 is 14.6 Å². The van der Waals surface area contributed by atoms with Crippen LogP contribution in [0.4, 0.5) is 0 Å². The second-order valence-corrected chi connectivity index (χ2v) is 6.12. The third-order valence-electron chi connectivity index (χ3n) is 2.70. The quantitative estimate of drug-likeness (QED) is 0.820. The fraction of sp³-hybridized carbons (Fsp3) is 0.500. The molecule has 0 saturated carbocycles. The van der Waals surface area contributed by atoms with Crippen LogP contribution in [0.5, 0.6) is 5.75 Å². The molecule has 6 heteroatoms. The number of halogens is 1. The van der Waals surface area contributed by atoms with Crippen LogP contribution in [0.2, 0.25) is 0 Å². The molecule has 0 aliphatic carbocycles. The van der Waals surface area contributed by atoms with Crippen LogP contribution in [0.1, 0.15) is 17.3 Å². The number of carbonyl (C=O) groups is 1. The van der Waals surface area contributed by atoms with Crippen LogP contribution in [-0.4, -0.2) is 55.8 Å². The molecule has 0 aliphatic heterocycles. The highest BCUT2D eigenvalue weighted by Crippen LogP contribution is 2.22. The lowest BCUT2D eigenvalue weighted by atomic mass is 10.1. The van der Waals surface area contributed by atoms with Gasteiger partial charge in [-0.05, 0) is 55.1 Å². The monoisotopic (exact) mass is 344 g/mol. The van der Waals surface area contributed by atoms with E-state index in [9.17, 15) is 9.90 Å². The number of carbonyl (C=O) groups excluding carboxylic acids is 1. The van der Waals surface area contributed by atoms with E-state index < -0.39 is 5.60 Å². The summed E-state index contributed by atoms with van der Waals surface area (Å²) in [7, 11) is 5.29. The smallest absolute Gasteiger partial charge is 0.252 e. The molecular weight excluding hydrogens is 324 g/mol. The molecule has 1 atom stereocenters. The topological polar surface area (TPSA) is 61.8 Å². The minimum absolute atomic E-state index is 0.174. The summed E-state index contributed by atoms with van der Waals surface area (Å²) < 4.78 is 5.78. The summed E-state index contributed by atoms with van der Waals surface area (Å²) in [6, 6.07) is 5.18. The Morgan fingerprint density at radius 1 is 1.50 bits per heavy atom. The summed E-state index contributed by atoms with van der Waals surface area (Å²) in [6.45, 7) is 2.33. The molecule has 1 rings (SSSR count). The molecule has 1 aromatic carbocycles. The van der Waals surface area contributed by atoms with Crippen molar-refractivity contribution in [3.8, 4) is 5.75 Å². The van der Waals surface area contributed by atoms with E-state index >= 15 is 0 Å². The molecule has 5 nitrogen and oxygen atoms in total. The Balaban J connectivity index is 2.72. The normalized spacial score (nSPS) is 13.9. The van der Waals surface area contributed by atoms with E-state index in [1.165, 1.54) is 0 Å². The van der Waals surface area contributed by atoms with E-state index in [2.05, 4.69) is 21.2 Å². The average molecular weight is 345 g/mol. The van der Waals surface area contributed by atoms with Crippen LogP contribution in [0, 0.1) is 0 Å². The summed E-state index contributed by atoms with van der Waals surface area (Å²) in [5, 5.41) is 12.9. The molecular formula is C14H21BrN2O3. The molecule has 1 amide bonds. The molecule has 0 fully saturated rings. The number of likely N-dealkylation sites (N-methyl/N-ethyl adjacent to an activating group) is 1. The minimum atomic E-state index is -0.982. The zero-order valence-electron chi connectivity index (χ0n) is 12.2. The Kier molecular flexibility index (Phi) is 5.98. The van der Waals surface area contributed by atoms with Gasteiger partial charge in [-0.2, -0.15) is 0 Å². The van der Waals surface area contributed by atoms with Gasteiger partial charge in [0.25, 0.3) is 5.91 Å². The summed E-state index contributed by atoms with van der Waals surface area (Å²) in [6.07, 6.45) is 0. The molecule has 0 aromatic heterocycles. The molecule has 0 heterocycles. The van der Waals surface area contributed by atoms with E-state index in [4.69, 9.17) is 4.74 Å². The second-order valence-electron chi connectivity index (χ2n) is 5.26. The van der Waals surface area contributed by atoms with Crippen molar-refractivity contribution in [3.63, 3.8) is 0 Å². The number of methoxy groups -OCH3 is 1. The van der Waals surface area contributed by atoms with E-state index in [-0.39, 0.29) is 12.5 Å². The van der Waals surface area contributed by atoms with Crippen molar-refractivity contribution in [2.75, 3.05) is 34.3 Å². The number of amides is 1.